The van der Waals surface area contributed by atoms with Crippen LogP contribution in [0.5, 0.6) is 0 Å². The van der Waals surface area contributed by atoms with Gasteiger partial charge in [-0.1, -0.05) is 27.7 Å². The van der Waals surface area contributed by atoms with E-state index in [0.29, 0.717) is 0 Å². The van der Waals surface area contributed by atoms with Crippen molar-refractivity contribution in [3.05, 3.63) is 0 Å². The largest absolute Gasteiger partial charge is 0.414 e. The van der Waals surface area contributed by atoms with Crippen molar-refractivity contribution in [2.24, 2.45) is 0 Å². The SMILES string of the molecule is CC[Si](CC)(OC)O[Si](CC)(CC)OC. The third kappa shape index (κ3) is 3.67. The maximum atomic E-state index is 6.35. The first-order chi connectivity index (χ1) is 7.07. The molecule has 3 nitrogen and oxygen atoms in total. The fourth-order valence-electron chi connectivity index (χ4n) is 1.79. The summed E-state index contributed by atoms with van der Waals surface area (Å²) < 4.78 is 17.7. The molecule has 0 aliphatic carbocycles. The maximum absolute atomic E-state index is 6.35. The Hall–Kier alpha value is 0.314. The molecule has 0 aliphatic rings. The van der Waals surface area contributed by atoms with E-state index in [4.69, 9.17) is 13.0 Å². The van der Waals surface area contributed by atoms with Gasteiger partial charge in [-0.3, -0.25) is 0 Å². The van der Waals surface area contributed by atoms with Crippen LogP contribution in [0.1, 0.15) is 27.7 Å². The van der Waals surface area contributed by atoms with E-state index in [2.05, 4.69) is 27.7 Å². The standard InChI is InChI=1S/C10H26O3Si2/c1-7-14(8-2,11-5)13-15(9-3,10-4)12-6/h7-10H2,1-6H3. The molecule has 0 amide bonds. The molecule has 0 atom stereocenters. The molecule has 0 bridgehead atoms. The molecule has 0 fully saturated rings. The monoisotopic (exact) mass is 250 g/mol. The summed E-state index contributed by atoms with van der Waals surface area (Å²) in [5.41, 5.74) is 0. The molecule has 0 aromatic carbocycles. The summed E-state index contributed by atoms with van der Waals surface area (Å²) in [5, 5.41) is 0. The molecular formula is C10H26O3Si2. The summed E-state index contributed by atoms with van der Waals surface area (Å²) in [6.45, 7) is 8.61. The summed E-state index contributed by atoms with van der Waals surface area (Å²) in [5.74, 6) is 0. The molecule has 0 spiro atoms. The van der Waals surface area contributed by atoms with Gasteiger partial charge in [0.25, 0.3) is 0 Å². The van der Waals surface area contributed by atoms with Gasteiger partial charge in [0.15, 0.2) is 0 Å². The van der Waals surface area contributed by atoms with Crippen molar-refractivity contribution >= 4 is 17.1 Å². The zero-order valence-electron chi connectivity index (χ0n) is 11.1. The minimum absolute atomic E-state index is 0.998. The van der Waals surface area contributed by atoms with E-state index in [9.17, 15) is 0 Å². The fraction of sp³-hybridized carbons (Fsp3) is 1.00. The highest BCUT2D eigenvalue weighted by Crippen LogP contribution is 2.27. The molecule has 0 saturated heterocycles. The van der Waals surface area contributed by atoms with E-state index in [1.165, 1.54) is 0 Å². The molecule has 0 unspecified atom stereocenters. The molecule has 0 N–H and O–H groups in total. The summed E-state index contributed by atoms with van der Waals surface area (Å²) in [6, 6.07) is 3.99. The predicted molar refractivity (Wildman–Crippen MR) is 68.5 cm³/mol. The lowest BCUT2D eigenvalue weighted by atomic mass is 10.9. The highest BCUT2D eigenvalue weighted by molar-refractivity contribution is 6.81. The number of hydrogen-bond donors (Lipinski definition) is 0. The van der Waals surface area contributed by atoms with Gasteiger partial charge >= 0.3 is 17.1 Å². The van der Waals surface area contributed by atoms with Gasteiger partial charge in [0.05, 0.1) is 0 Å². The molecule has 0 radical (unpaired) electrons. The van der Waals surface area contributed by atoms with Crippen molar-refractivity contribution in [3.63, 3.8) is 0 Å². The summed E-state index contributed by atoms with van der Waals surface area (Å²) in [7, 11) is -0.404. The highest BCUT2D eigenvalue weighted by Gasteiger charge is 2.44. The second-order valence-electron chi connectivity index (χ2n) is 3.75. The minimum atomic E-state index is -1.98. The zero-order valence-corrected chi connectivity index (χ0v) is 13.1. The van der Waals surface area contributed by atoms with Crippen LogP contribution >= 0.6 is 0 Å². The van der Waals surface area contributed by atoms with Crippen molar-refractivity contribution in [1.82, 2.24) is 0 Å². The molecule has 0 aliphatic heterocycles. The molecular weight excluding hydrogens is 224 g/mol. The molecule has 5 heteroatoms. The Morgan fingerprint density at radius 1 is 0.667 bits per heavy atom. The Kier molecular flexibility index (Phi) is 6.94. The molecule has 92 valence electrons. The molecule has 0 aromatic heterocycles. The van der Waals surface area contributed by atoms with Crippen LogP contribution in [0.25, 0.3) is 0 Å². The number of hydrogen-bond acceptors (Lipinski definition) is 3. The van der Waals surface area contributed by atoms with Crippen molar-refractivity contribution in [3.8, 4) is 0 Å². The lowest BCUT2D eigenvalue weighted by Crippen LogP contribution is -2.53. The molecule has 15 heavy (non-hydrogen) atoms. The third-order valence-electron chi connectivity index (χ3n) is 3.27. The Labute approximate surface area is 96.6 Å². The van der Waals surface area contributed by atoms with Gasteiger partial charge < -0.3 is 13.0 Å². The average molecular weight is 250 g/mol. The Morgan fingerprint density at radius 3 is 1.07 bits per heavy atom. The fourth-order valence-corrected chi connectivity index (χ4v) is 9.63. The van der Waals surface area contributed by atoms with Crippen molar-refractivity contribution in [1.29, 1.82) is 0 Å². The Bertz CT molecular complexity index is 134. The van der Waals surface area contributed by atoms with Gasteiger partial charge in [-0.2, -0.15) is 0 Å². The summed E-state index contributed by atoms with van der Waals surface area (Å²) >= 11 is 0. The predicted octanol–water partition coefficient (Wildman–Crippen LogP) is 3.26. The molecule has 0 heterocycles. The third-order valence-corrected chi connectivity index (χ3v) is 12.0. The second-order valence-corrected chi connectivity index (χ2v) is 11.9. The minimum Gasteiger partial charge on any atom is -0.414 e. The highest BCUT2D eigenvalue weighted by atomic mass is 28.5. The average Bonchev–Trinajstić information content (AvgIpc) is 2.33. The van der Waals surface area contributed by atoms with Crippen LogP contribution in [0.15, 0.2) is 0 Å². The van der Waals surface area contributed by atoms with Crippen molar-refractivity contribution < 1.29 is 13.0 Å². The molecule has 0 rings (SSSR count). The smallest absolute Gasteiger partial charge is 0.328 e. The van der Waals surface area contributed by atoms with Gasteiger partial charge in [-0.15, -0.1) is 0 Å². The molecule has 0 saturated carbocycles. The first-order valence-electron chi connectivity index (χ1n) is 5.88. The Balaban J connectivity index is 4.74. The lowest BCUT2D eigenvalue weighted by molar-refractivity contribution is 0.233. The topological polar surface area (TPSA) is 27.7 Å². The van der Waals surface area contributed by atoms with E-state index in [0.717, 1.165) is 24.2 Å². The maximum Gasteiger partial charge on any atom is 0.328 e. The van der Waals surface area contributed by atoms with Crippen LogP contribution in [0, 0.1) is 0 Å². The van der Waals surface area contributed by atoms with Crippen LogP contribution in [0.2, 0.25) is 24.2 Å². The number of rotatable bonds is 8. The van der Waals surface area contributed by atoms with Gasteiger partial charge in [0.1, 0.15) is 0 Å². The van der Waals surface area contributed by atoms with Crippen molar-refractivity contribution in [2.45, 2.75) is 51.9 Å². The second kappa shape index (κ2) is 6.80. The van der Waals surface area contributed by atoms with Gasteiger partial charge in [-0.05, 0) is 24.2 Å². The van der Waals surface area contributed by atoms with Crippen LogP contribution in [-0.4, -0.2) is 31.3 Å². The normalized spacial score (nSPS) is 13.2. The van der Waals surface area contributed by atoms with E-state index in [-0.39, 0.29) is 0 Å². The lowest BCUT2D eigenvalue weighted by Gasteiger charge is -2.37. The zero-order chi connectivity index (χ0) is 11.9. The van der Waals surface area contributed by atoms with Crippen LogP contribution < -0.4 is 0 Å². The molecule has 0 aromatic rings. The summed E-state index contributed by atoms with van der Waals surface area (Å²) in [4.78, 5) is 0. The van der Waals surface area contributed by atoms with Crippen LogP contribution in [-0.2, 0) is 13.0 Å². The van der Waals surface area contributed by atoms with Crippen LogP contribution in [0.3, 0.4) is 0 Å². The summed E-state index contributed by atoms with van der Waals surface area (Å²) in [6.07, 6.45) is 0. The van der Waals surface area contributed by atoms with Crippen LogP contribution in [0.4, 0.5) is 0 Å². The first kappa shape index (κ1) is 15.3. The first-order valence-corrected chi connectivity index (χ1v) is 10.3. The van der Waals surface area contributed by atoms with Gasteiger partial charge in [0, 0.05) is 14.2 Å². The van der Waals surface area contributed by atoms with Gasteiger partial charge in [-0.25, -0.2) is 0 Å². The Morgan fingerprint density at radius 2 is 0.933 bits per heavy atom. The van der Waals surface area contributed by atoms with E-state index >= 15 is 0 Å². The van der Waals surface area contributed by atoms with E-state index in [1.54, 1.807) is 14.2 Å². The van der Waals surface area contributed by atoms with E-state index in [1.807, 2.05) is 0 Å². The van der Waals surface area contributed by atoms with E-state index < -0.39 is 17.1 Å². The van der Waals surface area contributed by atoms with Gasteiger partial charge in [0.2, 0.25) is 0 Å². The quantitative estimate of drug-likeness (QED) is 0.619. The van der Waals surface area contributed by atoms with Crippen molar-refractivity contribution in [2.75, 3.05) is 14.2 Å².